The van der Waals surface area contributed by atoms with Gasteiger partial charge >= 0.3 is 0 Å². The lowest BCUT2D eigenvalue weighted by Gasteiger charge is -2.20. The van der Waals surface area contributed by atoms with E-state index < -0.39 is 0 Å². The van der Waals surface area contributed by atoms with Crippen molar-refractivity contribution >= 4 is 33.4 Å². The molecule has 1 aliphatic rings. The van der Waals surface area contributed by atoms with E-state index in [4.69, 9.17) is 16.3 Å². The number of amides is 1. The lowest BCUT2D eigenvalue weighted by molar-refractivity contribution is -0.132. The largest absolute Gasteiger partial charge is 0.489 e. The van der Waals surface area contributed by atoms with Gasteiger partial charge in [-0.05, 0) is 48.9 Å². The molecule has 0 radical (unpaired) electrons. The van der Waals surface area contributed by atoms with E-state index in [1.54, 1.807) is 4.90 Å². The molecule has 2 aromatic rings. The van der Waals surface area contributed by atoms with E-state index in [-0.39, 0.29) is 11.8 Å². The zero-order valence-corrected chi connectivity index (χ0v) is 18.0. The summed E-state index contributed by atoms with van der Waals surface area (Å²) in [5, 5.41) is 0.721. The van der Waals surface area contributed by atoms with Crippen molar-refractivity contribution in [1.82, 2.24) is 9.80 Å². The van der Waals surface area contributed by atoms with Gasteiger partial charge < -0.3 is 9.64 Å². The molecule has 0 aromatic heterocycles. The molecule has 1 aliphatic heterocycles. The molecule has 1 heterocycles. The summed E-state index contributed by atoms with van der Waals surface area (Å²) in [4.78, 5) is 16.2. The van der Waals surface area contributed by atoms with E-state index in [1.165, 1.54) is 0 Å². The monoisotopic (exact) mass is 450 g/mol. The van der Waals surface area contributed by atoms with Crippen molar-refractivity contribution in [3.05, 3.63) is 63.1 Å². The number of halogens is 2. The first-order chi connectivity index (χ1) is 12.9. The average molecular weight is 452 g/mol. The van der Waals surface area contributed by atoms with Crippen molar-refractivity contribution in [1.29, 1.82) is 0 Å². The van der Waals surface area contributed by atoms with Crippen LogP contribution in [-0.4, -0.2) is 42.9 Å². The smallest absolute Gasteiger partial charge is 0.226 e. The summed E-state index contributed by atoms with van der Waals surface area (Å²) in [6.45, 7) is 2.98. The molecular formula is C21H24BrClN2O2. The number of likely N-dealkylation sites (tertiary alicyclic amines) is 1. The second-order valence-corrected chi connectivity index (χ2v) is 8.47. The Kier molecular flexibility index (Phi) is 6.79. The fraction of sp³-hybridized carbons (Fsp3) is 0.381. The van der Waals surface area contributed by atoms with Crippen molar-refractivity contribution < 1.29 is 9.53 Å². The highest BCUT2D eigenvalue weighted by Gasteiger charge is 2.29. The lowest BCUT2D eigenvalue weighted by Crippen LogP contribution is -2.31. The van der Waals surface area contributed by atoms with Gasteiger partial charge in [0.05, 0.1) is 5.92 Å². The summed E-state index contributed by atoms with van der Waals surface area (Å²) in [6, 6.07) is 13.8. The number of carbonyl (C=O) groups excluding carboxylic acids is 1. The van der Waals surface area contributed by atoms with Crippen molar-refractivity contribution in [3.63, 3.8) is 0 Å². The Morgan fingerprint density at radius 1 is 1.26 bits per heavy atom. The van der Waals surface area contributed by atoms with Gasteiger partial charge in [0.1, 0.15) is 12.4 Å². The molecule has 1 amide bonds. The molecule has 3 rings (SSSR count). The minimum atomic E-state index is 0.0885. The molecule has 4 nitrogen and oxygen atoms in total. The normalized spacial score (nSPS) is 17.1. The second-order valence-electron chi connectivity index (χ2n) is 7.12. The van der Waals surface area contributed by atoms with Crippen LogP contribution >= 0.6 is 27.5 Å². The molecular weight excluding hydrogens is 428 g/mol. The number of ether oxygens (including phenoxy) is 1. The number of hydrogen-bond acceptors (Lipinski definition) is 3. The number of benzene rings is 2. The van der Waals surface area contributed by atoms with Crippen molar-refractivity contribution in [2.75, 3.05) is 27.2 Å². The summed E-state index contributed by atoms with van der Waals surface area (Å²) >= 11 is 9.50. The topological polar surface area (TPSA) is 32.8 Å². The van der Waals surface area contributed by atoms with Crippen LogP contribution in [0.2, 0.25) is 5.02 Å². The number of hydrogen-bond donors (Lipinski definition) is 0. The SMILES string of the molecule is CN(C)C(=O)C1CCN(Cc2cc(Br)ccc2OCc2ccc(Cl)cc2)C1. The molecule has 144 valence electrons. The average Bonchev–Trinajstić information content (AvgIpc) is 3.10. The Balaban J connectivity index is 1.65. The van der Waals surface area contributed by atoms with Gasteiger partial charge in [-0.1, -0.05) is 39.7 Å². The Morgan fingerprint density at radius 2 is 2.00 bits per heavy atom. The Morgan fingerprint density at radius 3 is 2.70 bits per heavy atom. The second kappa shape index (κ2) is 9.09. The maximum Gasteiger partial charge on any atom is 0.226 e. The predicted octanol–water partition coefficient (Wildman–Crippen LogP) is 4.59. The quantitative estimate of drug-likeness (QED) is 0.644. The van der Waals surface area contributed by atoms with E-state index in [9.17, 15) is 4.79 Å². The zero-order valence-electron chi connectivity index (χ0n) is 15.6. The molecule has 6 heteroatoms. The standard InChI is InChI=1S/C21H24BrClN2O2/c1-24(2)21(26)16-9-10-25(12-16)13-17-11-18(22)5-8-20(17)27-14-15-3-6-19(23)7-4-15/h3-8,11,16H,9-10,12-14H2,1-2H3. The van der Waals surface area contributed by atoms with E-state index >= 15 is 0 Å². The van der Waals surface area contributed by atoms with Crippen LogP contribution in [0, 0.1) is 5.92 Å². The summed E-state index contributed by atoms with van der Waals surface area (Å²) in [5.41, 5.74) is 2.20. The van der Waals surface area contributed by atoms with E-state index in [2.05, 4.69) is 26.9 Å². The molecule has 27 heavy (non-hydrogen) atoms. The highest BCUT2D eigenvalue weighted by atomic mass is 79.9. The van der Waals surface area contributed by atoms with Crippen molar-refractivity contribution in [2.45, 2.75) is 19.6 Å². The van der Waals surface area contributed by atoms with Crippen molar-refractivity contribution in [2.24, 2.45) is 5.92 Å². The van der Waals surface area contributed by atoms with E-state index in [0.29, 0.717) is 6.61 Å². The Labute approximate surface area is 174 Å². The summed E-state index contributed by atoms with van der Waals surface area (Å²) in [7, 11) is 3.64. The molecule has 0 bridgehead atoms. The lowest BCUT2D eigenvalue weighted by atomic mass is 10.1. The van der Waals surface area contributed by atoms with Crippen LogP contribution in [0.15, 0.2) is 46.9 Å². The summed E-state index contributed by atoms with van der Waals surface area (Å²) in [6.07, 6.45) is 0.909. The van der Waals surface area contributed by atoms with Crippen LogP contribution in [0.5, 0.6) is 5.75 Å². The van der Waals surface area contributed by atoms with E-state index in [1.807, 2.05) is 50.5 Å². The first kappa shape index (κ1) is 20.2. The predicted molar refractivity (Wildman–Crippen MR) is 112 cm³/mol. The fourth-order valence-electron chi connectivity index (χ4n) is 3.34. The van der Waals surface area contributed by atoms with Gasteiger partial charge in [-0.15, -0.1) is 0 Å². The van der Waals surface area contributed by atoms with Gasteiger partial charge in [-0.25, -0.2) is 0 Å². The van der Waals surface area contributed by atoms with Gasteiger partial charge in [-0.3, -0.25) is 9.69 Å². The first-order valence-corrected chi connectivity index (χ1v) is 10.2. The number of rotatable bonds is 6. The maximum absolute atomic E-state index is 12.2. The minimum Gasteiger partial charge on any atom is -0.489 e. The molecule has 1 unspecified atom stereocenters. The molecule has 0 spiro atoms. The third-order valence-corrected chi connectivity index (χ3v) is 5.53. The molecule has 1 atom stereocenters. The molecule has 2 aromatic carbocycles. The van der Waals surface area contributed by atoms with Crippen LogP contribution < -0.4 is 4.74 Å². The van der Waals surface area contributed by atoms with Gasteiger partial charge in [0.15, 0.2) is 0 Å². The third kappa shape index (κ3) is 5.47. The number of nitrogens with zero attached hydrogens (tertiary/aromatic N) is 2. The van der Waals surface area contributed by atoms with Crippen molar-refractivity contribution in [3.8, 4) is 5.75 Å². The third-order valence-electron chi connectivity index (χ3n) is 4.79. The van der Waals surface area contributed by atoms with Gasteiger partial charge in [-0.2, -0.15) is 0 Å². The van der Waals surface area contributed by atoms with Crippen LogP contribution in [0.25, 0.3) is 0 Å². The number of carbonyl (C=O) groups is 1. The van der Waals surface area contributed by atoms with Crippen LogP contribution in [0.1, 0.15) is 17.5 Å². The van der Waals surface area contributed by atoms with Crippen LogP contribution in [0.3, 0.4) is 0 Å². The van der Waals surface area contributed by atoms with Gasteiger partial charge in [0.2, 0.25) is 5.91 Å². The first-order valence-electron chi connectivity index (χ1n) is 9.01. The Hall–Kier alpha value is -1.56. The summed E-state index contributed by atoms with van der Waals surface area (Å²) < 4.78 is 7.10. The van der Waals surface area contributed by atoms with Crippen LogP contribution in [-0.2, 0) is 17.9 Å². The van der Waals surface area contributed by atoms with Gasteiger partial charge in [0.25, 0.3) is 0 Å². The minimum absolute atomic E-state index is 0.0885. The summed E-state index contributed by atoms with van der Waals surface area (Å²) in [5.74, 6) is 1.17. The highest BCUT2D eigenvalue weighted by Crippen LogP contribution is 2.28. The molecule has 1 saturated heterocycles. The van der Waals surface area contributed by atoms with Crippen LogP contribution in [0.4, 0.5) is 0 Å². The fourth-order valence-corrected chi connectivity index (χ4v) is 3.87. The molecule has 0 N–H and O–H groups in total. The zero-order chi connectivity index (χ0) is 19.4. The maximum atomic E-state index is 12.2. The molecule has 0 saturated carbocycles. The Bertz CT molecular complexity index is 795. The molecule has 1 fully saturated rings. The van der Waals surface area contributed by atoms with E-state index in [0.717, 1.165) is 52.4 Å². The molecule has 0 aliphatic carbocycles. The van der Waals surface area contributed by atoms with Gasteiger partial charge in [0, 0.05) is 42.2 Å². The highest BCUT2D eigenvalue weighted by molar-refractivity contribution is 9.10.